The number of amides is 1. The lowest BCUT2D eigenvalue weighted by atomic mass is 10.1. The molecule has 27 heavy (non-hydrogen) atoms. The van der Waals surface area contributed by atoms with Crippen molar-refractivity contribution in [1.29, 1.82) is 0 Å². The van der Waals surface area contributed by atoms with Crippen LogP contribution in [0.25, 0.3) is 10.2 Å². The standard InChI is InChI=1S/C16H13Cl3N6OS/c1-6-11-12(20)13(27-16(11)24-23-14(6)19)15(26)22-7-4-25(5-7)9-2-10(18)21-3-8(9)17/h2-3,7H,4-5,20H2,1H3,(H,22,26). The molecule has 1 aliphatic rings. The van der Waals surface area contributed by atoms with Crippen molar-refractivity contribution in [2.75, 3.05) is 23.7 Å². The molecular formula is C16H13Cl3N6OS. The second-order valence-electron chi connectivity index (χ2n) is 6.17. The van der Waals surface area contributed by atoms with Crippen molar-refractivity contribution in [3.8, 4) is 0 Å². The van der Waals surface area contributed by atoms with Crippen LogP contribution in [0.3, 0.4) is 0 Å². The van der Waals surface area contributed by atoms with Crippen LogP contribution in [-0.2, 0) is 0 Å². The Morgan fingerprint density at radius 1 is 1.33 bits per heavy atom. The summed E-state index contributed by atoms with van der Waals surface area (Å²) < 4.78 is 0. The number of thiophene rings is 1. The van der Waals surface area contributed by atoms with Crippen LogP contribution >= 0.6 is 46.1 Å². The summed E-state index contributed by atoms with van der Waals surface area (Å²) in [7, 11) is 0. The van der Waals surface area contributed by atoms with Gasteiger partial charge < -0.3 is 16.0 Å². The fourth-order valence-corrected chi connectivity index (χ4v) is 4.47. The Bertz CT molecular complexity index is 1070. The second kappa shape index (κ2) is 6.94. The second-order valence-corrected chi connectivity index (χ2v) is 8.33. The van der Waals surface area contributed by atoms with E-state index in [1.807, 2.05) is 4.90 Å². The number of nitrogens with one attached hydrogen (secondary N) is 1. The average Bonchev–Trinajstić information content (AvgIpc) is 2.94. The first-order valence-electron chi connectivity index (χ1n) is 7.92. The van der Waals surface area contributed by atoms with Crippen LogP contribution in [0.15, 0.2) is 12.3 Å². The van der Waals surface area contributed by atoms with E-state index < -0.39 is 0 Å². The molecule has 3 N–H and O–H groups in total. The van der Waals surface area contributed by atoms with E-state index in [9.17, 15) is 4.79 Å². The molecule has 7 nitrogen and oxygen atoms in total. The van der Waals surface area contributed by atoms with Gasteiger partial charge in [0, 0.05) is 36.3 Å². The summed E-state index contributed by atoms with van der Waals surface area (Å²) in [6, 6.07) is 1.68. The lowest BCUT2D eigenvalue weighted by Gasteiger charge is -2.41. The van der Waals surface area contributed by atoms with Crippen LogP contribution in [0.1, 0.15) is 15.2 Å². The Hall–Kier alpha value is -1.87. The van der Waals surface area contributed by atoms with E-state index in [1.54, 1.807) is 13.0 Å². The molecule has 1 aliphatic heterocycles. The van der Waals surface area contributed by atoms with E-state index >= 15 is 0 Å². The van der Waals surface area contributed by atoms with Gasteiger partial charge in [0.25, 0.3) is 5.91 Å². The van der Waals surface area contributed by atoms with Gasteiger partial charge in [-0.05, 0) is 6.92 Å². The van der Waals surface area contributed by atoms with Gasteiger partial charge in [0.05, 0.1) is 22.4 Å². The molecule has 3 aromatic rings. The summed E-state index contributed by atoms with van der Waals surface area (Å²) in [6.45, 7) is 3.03. The SMILES string of the molecule is Cc1c(Cl)nnc2sc(C(=O)NC3CN(c4cc(Cl)ncc4Cl)C3)c(N)c12. The van der Waals surface area contributed by atoms with E-state index in [4.69, 9.17) is 40.5 Å². The van der Waals surface area contributed by atoms with Crippen LogP contribution in [0.2, 0.25) is 15.3 Å². The predicted molar refractivity (Wildman–Crippen MR) is 109 cm³/mol. The fourth-order valence-electron chi connectivity index (χ4n) is 2.96. The number of fused-ring (bicyclic) bond motifs is 1. The number of carbonyl (C=O) groups is 1. The molecule has 0 saturated carbocycles. The summed E-state index contributed by atoms with van der Waals surface area (Å²) in [5, 5.41) is 12.7. The number of halogens is 3. The number of pyridine rings is 1. The van der Waals surface area contributed by atoms with E-state index in [-0.39, 0.29) is 17.1 Å². The van der Waals surface area contributed by atoms with Crippen LogP contribution in [-0.4, -0.2) is 40.2 Å². The molecule has 4 rings (SSSR count). The Morgan fingerprint density at radius 2 is 2.07 bits per heavy atom. The first-order valence-corrected chi connectivity index (χ1v) is 9.87. The Balaban J connectivity index is 1.48. The molecule has 1 fully saturated rings. The topological polar surface area (TPSA) is 97.0 Å². The fraction of sp³-hybridized carbons (Fsp3) is 0.250. The molecule has 0 aromatic carbocycles. The highest BCUT2D eigenvalue weighted by atomic mass is 35.5. The Labute approximate surface area is 173 Å². The van der Waals surface area contributed by atoms with Gasteiger partial charge in [0.15, 0.2) is 5.15 Å². The molecule has 3 aromatic heterocycles. The molecule has 1 saturated heterocycles. The van der Waals surface area contributed by atoms with Gasteiger partial charge in [-0.1, -0.05) is 34.8 Å². The maximum absolute atomic E-state index is 12.7. The lowest BCUT2D eigenvalue weighted by molar-refractivity contribution is 0.0935. The molecule has 1 amide bonds. The number of anilines is 2. The van der Waals surface area contributed by atoms with Crippen LogP contribution < -0.4 is 16.0 Å². The van der Waals surface area contributed by atoms with E-state index in [2.05, 4.69) is 20.5 Å². The minimum Gasteiger partial charge on any atom is -0.397 e. The van der Waals surface area contributed by atoms with Crippen LogP contribution in [0.5, 0.6) is 0 Å². The van der Waals surface area contributed by atoms with Gasteiger partial charge in [-0.2, -0.15) is 0 Å². The van der Waals surface area contributed by atoms with E-state index in [1.165, 1.54) is 17.5 Å². The molecule has 4 heterocycles. The number of nitrogen functional groups attached to an aromatic ring is 1. The van der Waals surface area contributed by atoms with Gasteiger partial charge in [0.2, 0.25) is 0 Å². The highest BCUT2D eigenvalue weighted by molar-refractivity contribution is 7.21. The highest BCUT2D eigenvalue weighted by Gasteiger charge is 2.31. The Kier molecular flexibility index (Phi) is 4.75. The number of hydrogen-bond acceptors (Lipinski definition) is 7. The Morgan fingerprint density at radius 3 is 2.81 bits per heavy atom. The highest BCUT2D eigenvalue weighted by Crippen LogP contribution is 2.36. The number of rotatable bonds is 3. The number of aromatic nitrogens is 3. The number of nitrogens with zero attached hydrogens (tertiary/aromatic N) is 4. The molecule has 0 bridgehead atoms. The summed E-state index contributed by atoms with van der Waals surface area (Å²) in [5.41, 5.74) is 8.06. The average molecular weight is 444 g/mol. The molecule has 0 unspecified atom stereocenters. The molecule has 0 atom stereocenters. The van der Waals surface area contributed by atoms with E-state index in [0.717, 1.165) is 5.69 Å². The zero-order chi connectivity index (χ0) is 19.3. The van der Waals surface area contributed by atoms with Gasteiger partial charge >= 0.3 is 0 Å². The molecule has 140 valence electrons. The summed E-state index contributed by atoms with van der Waals surface area (Å²) in [4.78, 5) is 19.6. The monoisotopic (exact) mass is 442 g/mol. The molecule has 0 radical (unpaired) electrons. The van der Waals surface area contributed by atoms with Crippen molar-refractivity contribution in [2.24, 2.45) is 0 Å². The van der Waals surface area contributed by atoms with Crippen molar-refractivity contribution < 1.29 is 4.79 Å². The number of carbonyl (C=O) groups excluding carboxylic acids is 1. The number of nitrogens with two attached hydrogens (primary N) is 1. The number of hydrogen-bond donors (Lipinski definition) is 2. The van der Waals surface area contributed by atoms with E-state index in [0.29, 0.717) is 49.6 Å². The quantitative estimate of drug-likeness (QED) is 0.601. The normalized spacial score (nSPS) is 14.4. The predicted octanol–water partition coefficient (Wildman–Crippen LogP) is 3.56. The summed E-state index contributed by atoms with van der Waals surface area (Å²) in [5.74, 6) is -0.241. The molecule has 11 heteroatoms. The van der Waals surface area contributed by atoms with Crippen molar-refractivity contribution in [1.82, 2.24) is 20.5 Å². The zero-order valence-corrected chi connectivity index (χ0v) is 17.0. The lowest BCUT2D eigenvalue weighted by Crippen LogP contribution is -2.59. The smallest absolute Gasteiger partial charge is 0.263 e. The first-order chi connectivity index (χ1) is 12.8. The number of aryl methyl sites for hydroxylation is 1. The summed E-state index contributed by atoms with van der Waals surface area (Å²) in [6.07, 6.45) is 1.51. The van der Waals surface area contributed by atoms with Crippen molar-refractivity contribution in [2.45, 2.75) is 13.0 Å². The van der Waals surface area contributed by atoms with Crippen molar-refractivity contribution in [3.05, 3.63) is 38.0 Å². The minimum absolute atomic E-state index is 0.0270. The van der Waals surface area contributed by atoms with Crippen LogP contribution in [0, 0.1) is 6.92 Å². The summed E-state index contributed by atoms with van der Waals surface area (Å²) >= 11 is 19.3. The molecule has 0 spiro atoms. The third kappa shape index (κ3) is 3.27. The van der Waals surface area contributed by atoms with Crippen molar-refractivity contribution in [3.63, 3.8) is 0 Å². The maximum atomic E-state index is 12.7. The third-order valence-electron chi connectivity index (χ3n) is 4.41. The van der Waals surface area contributed by atoms with Gasteiger partial charge in [-0.15, -0.1) is 21.5 Å². The molecular weight excluding hydrogens is 431 g/mol. The zero-order valence-electron chi connectivity index (χ0n) is 14.0. The van der Waals surface area contributed by atoms with Gasteiger partial charge in [-0.3, -0.25) is 4.79 Å². The van der Waals surface area contributed by atoms with Gasteiger partial charge in [0.1, 0.15) is 14.9 Å². The van der Waals surface area contributed by atoms with Gasteiger partial charge in [-0.25, -0.2) is 4.98 Å². The first kappa shape index (κ1) is 18.5. The third-order valence-corrected chi connectivity index (χ3v) is 6.35. The van der Waals surface area contributed by atoms with Crippen LogP contribution in [0.4, 0.5) is 11.4 Å². The maximum Gasteiger partial charge on any atom is 0.263 e. The largest absolute Gasteiger partial charge is 0.397 e. The molecule has 0 aliphatic carbocycles. The minimum atomic E-state index is -0.241. The van der Waals surface area contributed by atoms with Crippen molar-refractivity contribution >= 4 is 73.6 Å².